The van der Waals surface area contributed by atoms with Crippen molar-refractivity contribution >= 4 is 5.91 Å². The van der Waals surface area contributed by atoms with E-state index in [4.69, 9.17) is 0 Å². The van der Waals surface area contributed by atoms with Gasteiger partial charge in [0.25, 0.3) is 0 Å². The van der Waals surface area contributed by atoms with Crippen molar-refractivity contribution in [1.82, 2.24) is 10.2 Å². The average Bonchev–Trinajstić information content (AvgIpc) is 2.87. The number of amides is 1. The predicted octanol–water partition coefficient (Wildman–Crippen LogP) is 3.09. The Balaban J connectivity index is 1.39. The number of nitrogens with zero attached hydrogens (tertiary/aromatic N) is 1. The van der Waals surface area contributed by atoms with Gasteiger partial charge in [-0.3, -0.25) is 9.69 Å². The number of carbonyl (C=O) groups excluding carboxylic acids is 1. The Morgan fingerprint density at radius 2 is 1.69 bits per heavy atom. The lowest BCUT2D eigenvalue weighted by atomic mass is 9.80. The summed E-state index contributed by atoms with van der Waals surface area (Å²) in [7, 11) is 0. The molecule has 2 atom stereocenters. The number of halogens is 1. The second-order valence-corrected chi connectivity index (χ2v) is 8.41. The summed E-state index contributed by atoms with van der Waals surface area (Å²) < 4.78 is 13.2. The van der Waals surface area contributed by atoms with Crippen LogP contribution in [-0.4, -0.2) is 40.6 Å². The first kappa shape index (κ1) is 17.9. The maximum absolute atomic E-state index is 13.2. The Morgan fingerprint density at radius 1 is 1.08 bits per heavy atom. The maximum atomic E-state index is 13.2. The molecular formula is C21H29FN2O2. The normalized spacial score (nSPS) is 32.5. The second kappa shape index (κ2) is 7.28. The first-order valence-corrected chi connectivity index (χ1v) is 10.1. The molecule has 0 spiro atoms. The van der Waals surface area contributed by atoms with Gasteiger partial charge in [-0.1, -0.05) is 31.4 Å². The van der Waals surface area contributed by atoms with E-state index in [-0.39, 0.29) is 23.8 Å². The van der Waals surface area contributed by atoms with Crippen LogP contribution in [0, 0.1) is 5.82 Å². The number of rotatable bonds is 4. The molecule has 3 fully saturated rings. The molecule has 2 N–H and O–H groups in total. The molecule has 0 radical (unpaired) electrons. The molecule has 2 unspecified atom stereocenters. The van der Waals surface area contributed by atoms with Crippen LogP contribution < -0.4 is 5.32 Å². The number of piperidine rings is 1. The molecule has 2 saturated heterocycles. The lowest BCUT2D eigenvalue weighted by Crippen LogP contribution is -2.53. The van der Waals surface area contributed by atoms with Crippen LogP contribution in [0.3, 0.4) is 0 Å². The van der Waals surface area contributed by atoms with E-state index in [2.05, 4.69) is 10.2 Å². The Labute approximate surface area is 154 Å². The second-order valence-electron chi connectivity index (χ2n) is 8.41. The Morgan fingerprint density at radius 3 is 2.31 bits per heavy atom. The van der Waals surface area contributed by atoms with E-state index in [1.54, 1.807) is 12.1 Å². The number of hydrogen-bond donors (Lipinski definition) is 2. The molecule has 2 bridgehead atoms. The zero-order chi connectivity index (χ0) is 18.1. The summed E-state index contributed by atoms with van der Waals surface area (Å²) in [6, 6.07) is 7.01. The highest BCUT2D eigenvalue weighted by Gasteiger charge is 2.48. The first-order valence-electron chi connectivity index (χ1n) is 10.1. The highest BCUT2D eigenvalue weighted by Crippen LogP contribution is 2.45. The van der Waals surface area contributed by atoms with E-state index in [0.29, 0.717) is 25.4 Å². The third-order valence-corrected chi connectivity index (χ3v) is 6.60. The van der Waals surface area contributed by atoms with Crippen molar-refractivity contribution < 1.29 is 14.3 Å². The molecule has 1 saturated carbocycles. The number of carbonyl (C=O) groups is 1. The molecule has 26 heavy (non-hydrogen) atoms. The molecule has 1 aromatic rings. The van der Waals surface area contributed by atoms with Crippen molar-refractivity contribution in [2.24, 2.45) is 0 Å². The van der Waals surface area contributed by atoms with Crippen molar-refractivity contribution in [2.45, 2.75) is 81.5 Å². The Hall–Kier alpha value is -1.46. The van der Waals surface area contributed by atoms with E-state index < -0.39 is 5.60 Å². The molecule has 1 aromatic carbocycles. The van der Waals surface area contributed by atoms with E-state index >= 15 is 0 Å². The van der Waals surface area contributed by atoms with Crippen LogP contribution in [0.1, 0.15) is 63.4 Å². The zero-order valence-electron chi connectivity index (χ0n) is 15.3. The average molecular weight is 360 g/mol. The van der Waals surface area contributed by atoms with Gasteiger partial charge in [-0.25, -0.2) is 4.39 Å². The van der Waals surface area contributed by atoms with Gasteiger partial charge >= 0.3 is 0 Å². The predicted molar refractivity (Wildman–Crippen MR) is 98.1 cm³/mol. The lowest BCUT2D eigenvalue weighted by Gasteiger charge is -2.44. The summed E-state index contributed by atoms with van der Waals surface area (Å²) in [5.74, 6) is -0.154. The molecule has 5 heteroatoms. The summed E-state index contributed by atoms with van der Waals surface area (Å²) in [6.07, 6.45) is 9.18. The fourth-order valence-electron chi connectivity index (χ4n) is 5.26. The van der Waals surface area contributed by atoms with Crippen molar-refractivity contribution in [1.29, 1.82) is 0 Å². The molecule has 142 valence electrons. The monoisotopic (exact) mass is 360 g/mol. The van der Waals surface area contributed by atoms with Gasteiger partial charge in [0.1, 0.15) is 5.82 Å². The number of fused-ring (bicyclic) bond motifs is 2. The first-order chi connectivity index (χ1) is 12.5. The number of hydrogen-bond acceptors (Lipinski definition) is 3. The fraction of sp³-hybridized carbons (Fsp3) is 0.667. The molecule has 4 nitrogen and oxygen atoms in total. The van der Waals surface area contributed by atoms with Gasteiger partial charge in [0.15, 0.2) is 0 Å². The molecule has 1 aliphatic carbocycles. The van der Waals surface area contributed by atoms with Crippen molar-refractivity contribution in [2.75, 3.05) is 6.54 Å². The minimum Gasteiger partial charge on any atom is -0.385 e. The van der Waals surface area contributed by atoms with E-state index in [1.807, 2.05) is 0 Å². The summed E-state index contributed by atoms with van der Waals surface area (Å²) in [6.45, 7) is 0.436. The summed E-state index contributed by atoms with van der Waals surface area (Å²) in [5.41, 5.74) is -0.113. The maximum Gasteiger partial charge on any atom is 0.234 e. The van der Waals surface area contributed by atoms with Gasteiger partial charge in [0.2, 0.25) is 5.91 Å². The Kier molecular flexibility index (Phi) is 5.02. The van der Waals surface area contributed by atoms with Gasteiger partial charge in [-0.15, -0.1) is 0 Å². The van der Waals surface area contributed by atoms with Crippen molar-refractivity contribution in [3.8, 4) is 0 Å². The van der Waals surface area contributed by atoms with Crippen LogP contribution in [0.25, 0.3) is 0 Å². The minimum absolute atomic E-state index is 0.126. The van der Waals surface area contributed by atoms with Gasteiger partial charge in [-0.2, -0.15) is 0 Å². The van der Waals surface area contributed by atoms with Crippen LogP contribution in [0.5, 0.6) is 0 Å². The van der Waals surface area contributed by atoms with Gasteiger partial charge in [0, 0.05) is 18.1 Å². The minimum atomic E-state index is -0.907. The van der Waals surface area contributed by atoms with E-state index in [1.165, 1.54) is 31.4 Å². The number of aliphatic hydroxyl groups is 1. The third-order valence-electron chi connectivity index (χ3n) is 6.60. The summed E-state index contributed by atoms with van der Waals surface area (Å²) >= 11 is 0. The van der Waals surface area contributed by atoms with E-state index in [0.717, 1.165) is 31.2 Å². The topological polar surface area (TPSA) is 52.6 Å². The van der Waals surface area contributed by atoms with Crippen LogP contribution in [-0.2, 0) is 10.4 Å². The fourth-order valence-corrected chi connectivity index (χ4v) is 5.26. The number of benzene rings is 1. The molecule has 0 aromatic heterocycles. The molecule has 3 aliphatic rings. The van der Waals surface area contributed by atoms with Crippen LogP contribution in [0.2, 0.25) is 0 Å². The van der Waals surface area contributed by atoms with Crippen LogP contribution in [0.15, 0.2) is 24.3 Å². The largest absolute Gasteiger partial charge is 0.385 e. The zero-order valence-corrected chi connectivity index (χ0v) is 15.3. The molecular weight excluding hydrogens is 331 g/mol. The lowest BCUT2D eigenvalue weighted by molar-refractivity contribution is -0.126. The quantitative estimate of drug-likeness (QED) is 0.868. The molecule has 1 amide bonds. The SMILES string of the molecule is O=C(CN1C2CCC1CC(O)(c1ccc(F)cc1)C2)NC1CCCCC1. The smallest absolute Gasteiger partial charge is 0.234 e. The molecule has 2 aliphatic heterocycles. The van der Waals surface area contributed by atoms with Gasteiger partial charge in [-0.05, 0) is 56.2 Å². The van der Waals surface area contributed by atoms with Crippen molar-refractivity contribution in [3.05, 3.63) is 35.6 Å². The molecule has 2 heterocycles. The number of nitrogens with one attached hydrogen (secondary N) is 1. The standard InChI is InChI=1S/C21H29FN2O2/c22-16-8-6-15(7-9-16)21(26)12-18-10-11-19(13-21)24(18)14-20(25)23-17-4-2-1-3-5-17/h6-9,17-19,26H,1-5,10-14H2,(H,23,25). The highest BCUT2D eigenvalue weighted by molar-refractivity contribution is 5.78. The third kappa shape index (κ3) is 3.65. The van der Waals surface area contributed by atoms with Gasteiger partial charge < -0.3 is 10.4 Å². The summed E-state index contributed by atoms with van der Waals surface area (Å²) in [4.78, 5) is 14.8. The highest BCUT2D eigenvalue weighted by atomic mass is 19.1. The molecule has 4 rings (SSSR count). The van der Waals surface area contributed by atoms with Crippen LogP contribution >= 0.6 is 0 Å². The summed E-state index contributed by atoms with van der Waals surface area (Å²) in [5, 5.41) is 14.4. The van der Waals surface area contributed by atoms with Gasteiger partial charge in [0.05, 0.1) is 12.1 Å². The van der Waals surface area contributed by atoms with E-state index in [9.17, 15) is 14.3 Å². The van der Waals surface area contributed by atoms with Crippen molar-refractivity contribution in [3.63, 3.8) is 0 Å². The Bertz CT molecular complexity index is 628. The van der Waals surface area contributed by atoms with Crippen LogP contribution in [0.4, 0.5) is 4.39 Å².